The number of pyridine rings is 1. The first-order chi connectivity index (χ1) is 16.1. The lowest BCUT2D eigenvalue weighted by molar-refractivity contribution is -0.114. The zero-order valence-corrected chi connectivity index (χ0v) is 18.8. The smallest absolute Gasteiger partial charge is 0.222 e. The van der Waals surface area contributed by atoms with Crippen LogP contribution in [0.5, 0.6) is 0 Å². The summed E-state index contributed by atoms with van der Waals surface area (Å²) in [4.78, 5) is 22.6. The number of hydrogen-bond donors (Lipinski definition) is 2. The van der Waals surface area contributed by atoms with E-state index in [-0.39, 0.29) is 5.91 Å². The van der Waals surface area contributed by atoms with Gasteiger partial charge in [-0.3, -0.25) is 14.8 Å². The van der Waals surface area contributed by atoms with Crippen molar-refractivity contribution in [2.45, 2.75) is 33.2 Å². The maximum Gasteiger partial charge on any atom is 0.222 e. The van der Waals surface area contributed by atoms with Gasteiger partial charge in [-0.1, -0.05) is 18.2 Å². The van der Waals surface area contributed by atoms with E-state index in [0.717, 1.165) is 47.6 Å². The standard InChI is InChI=1S/C25H26N6O2/c1-16-13-26-23(29-17(2)32)12-20(16)22-11-21(25-27-15-28-30-25)24(33-22)19-7-5-6-18(10-19)14-31-8-3-4-9-31/h5-7,10-13,15H,3-4,8-9,14H2,1-2H3,(H,26,29,32)(H,27,28,30). The van der Waals surface area contributed by atoms with Crippen LogP contribution in [0, 0.1) is 6.92 Å². The molecule has 0 saturated carbocycles. The van der Waals surface area contributed by atoms with Crippen molar-refractivity contribution in [3.8, 4) is 34.0 Å². The Balaban J connectivity index is 1.57. The Labute approximate surface area is 192 Å². The fraction of sp³-hybridized carbons (Fsp3) is 0.280. The Kier molecular flexibility index (Phi) is 5.75. The molecule has 1 amide bonds. The number of anilines is 1. The van der Waals surface area contributed by atoms with Crippen LogP contribution >= 0.6 is 0 Å². The third kappa shape index (κ3) is 4.56. The van der Waals surface area contributed by atoms with Gasteiger partial charge in [0.05, 0.1) is 5.56 Å². The number of H-pyrrole nitrogens is 1. The van der Waals surface area contributed by atoms with Crippen molar-refractivity contribution in [1.29, 1.82) is 0 Å². The molecule has 0 spiro atoms. The minimum absolute atomic E-state index is 0.172. The molecule has 4 heterocycles. The molecule has 4 aromatic rings. The second-order valence-corrected chi connectivity index (χ2v) is 8.44. The van der Waals surface area contributed by atoms with Crippen LogP contribution in [0.1, 0.15) is 30.9 Å². The highest BCUT2D eigenvalue weighted by atomic mass is 16.3. The average molecular weight is 443 g/mol. The molecule has 1 aliphatic heterocycles. The van der Waals surface area contributed by atoms with Gasteiger partial charge in [-0.15, -0.1) is 0 Å². The monoisotopic (exact) mass is 442 g/mol. The molecular formula is C25H26N6O2. The van der Waals surface area contributed by atoms with Crippen LogP contribution in [-0.4, -0.2) is 44.1 Å². The molecule has 5 rings (SSSR count). The Morgan fingerprint density at radius 2 is 2.00 bits per heavy atom. The van der Waals surface area contributed by atoms with E-state index in [0.29, 0.717) is 17.4 Å². The van der Waals surface area contributed by atoms with Gasteiger partial charge in [0, 0.05) is 30.8 Å². The lowest BCUT2D eigenvalue weighted by Crippen LogP contribution is -2.18. The Hall–Kier alpha value is -3.78. The van der Waals surface area contributed by atoms with Gasteiger partial charge >= 0.3 is 0 Å². The van der Waals surface area contributed by atoms with Crippen LogP contribution in [0.2, 0.25) is 0 Å². The predicted octanol–water partition coefficient (Wildman–Crippen LogP) is 4.66. The number of nitrogens with one attached hydrogen (secondary N) is 2. The van der Waals surface area contributed by atoms with Gasteiger partial charge in [-0.05, 0) is 62.2 Å². The second-order valence-electron chi connectivity index (χ2n) is 8.44. The molecule has 0 atom stereocenters. The fourth-order valence-corrected chi connectivity index (χ4v) is 4.30. The summed E-state index contributed by atoms with van der Waals surface area (Å²) in [6.45, 7) is 6.66. The molecular weight excluding hydrogens is 416 g/mol. The third-order valence-electron chi connectivity index (χ3n) is 5.87. The molecule has 2 N–H and O–H groups in total. The fourth-order valence-electron chi connectivity index (χ4n) is 4.30. The van der Waals surface area contributed by atoms with Gasteiger partial charge in [0.1, 0.15) is 23.7 Å². The van der Waals surface area contributed by atoms with Gasteiger partial charge in [0.2, 0.25) is 5.91 Å². The van der Waals surface area contributed by atoms with E-state index < -0.39 is 0 Å². The number of nitrogens with zero attached hydrogens (tertiary/aromatic N) is 4. The molecule has 8 nitrogen and oxygen atoms in total. The van der Waals surface area contributed by atoms with Crippen molar-refractivity contribution in [2.24, 2.45) is 0 Å². The first-order valence-electron chi connectivity index (χ1n) is 11.1. The molecule has 1 aliphatic rings. The zero-order chi connectivity index (χ0) is 22.8. The largest absolute Gasteiger partial charge is 0.455 e. The summed E-state index contributed by atoms with van der Waals surface area (Å²) >= 11 is 0. The molecule has 33 heavy (non-hydrogen) atoms. The highest BCUT2D eigenvalue weighted by molar-refractivity contribution is 5.89. The second kappa shape index (κ2) is 8.99. The van der Waals surface area contributed by atoms with E-state index in [1.807, 2.05) is 19.1 Å². The summed E-state index contributed by atoms with van der Waals surface area (Å²) in [5.41, 5.74) is 4.87. The molecule has 8 heteroatoms. The SMILES string of the molecule is CC(=O)Nc1cc(-c2cc(-c3ncn[nH]3)c(-c3cccc(CN4CCCC4)c3)o2)c(C)cn1. The average Bonchev–Trinajstić information content (AvgIpc) is 3.56. The van der Waals surface area contributed by atoms with E-state index in [2.05, 4.69) is 54.6 Å². The van der Waals surface area contributed by atoms with Crippen LogP contribution in [0.4, 0.5) is 5.82 Å². The topological polar surface area (TPSA) is 99.9 Å². The molecule has 0 bridgehead atoms. The van der Waals surface area contributed by atoms with E-state index in [1.165, 1.54) is 31.7 Å². The molecule has 0 aliphatic carbocycles. The lowest BCUT2D eigenvalue weighted by atomic mass is 10.0. The lowest BCUT2D eigenvalue weighted by Gasteiger charge is -2.15. The number of aromatic amines is 1. The number of benzene rings is 1. The summed E-state index contributed by atoms with van der Waals surface area (Å²) in [6.07, 6.45) is 5.75. The number of carbonyl (C=O) groups excluding carboxylic acids is 1. The van der Waals surface area contributed by atoms with Crippen molar-refractivity contribution in [1.82, 2.24) is 25.1 Å². The summed E-state index contributed by atoms with van der Waals surface area (Å²) in [5.74, 6) is 2.35. The van der Waals surface area contributed by atoms with Gasteiger partial charge in [-0.2, -0.15) is 5.10 Å². The minimum atomic E-state index is -0.172. The van der Waals surface area contributed by atoms with Crippen molar-refractivity contribution in [3.05, 3.63) is 60.0 Å². The van der Waals surface area contributed by atoms with E-state index in [9.17, 15) is 4.79 Å². The van der Waals surface area contributed by atoms with Crippen molar-refractivity contribution in [2.75, 3.05) is 18.4 Å². The zero-order valence-electron chi connectivity index (χ0n) is 18.8. The maximum atomic E-state index is 11.5. The summed E-state index contributed by atoms with van der Waals surface area (Å²) < 4.78 is 6.43. The van der Waals surface area contributed by atoms with Crippen LogP contribution in [0.25, 0.3) is 34.0 Å². The van der Waals surface area contributed by atoms with Crippen LogP contribution in [0.15, 0.2) is 53.3 Å². The minimum Gasteiger partial charge on any atom is -0.455 e. The molecule has 3 aromatic heterocycles. The van der Waals surface area contributed by atoms with Crippen LogP contribution in [0.3, 0.4) is 0 Å². The number of furan rings is 1. The number of rotatable bonds is 6. The van der Waals surface area contributed by atoms with Gasteiger partial charge in [0.25, 0.3) is 0 Å². The number of likely N-dealkylation sites (tertiary alicyclic amines) is 1. The van der Waals surface area contributed by atoms with Crippen LogP contribution in [-0.2, 0) is 11.3 Å². The summed E-state index contributed by atoms with van der Waals surface area (Å²) in [6, 6.07) is 12.3. The third-order valence-corrected chi connectivity index (χ3v) is 5.87. The Bertz CT molecular complexity index is 1270. The molecule has 0 unspecified atom stereocenters. The number of hydrogen-bond acceptors (Lipinski definition) is 6. The van der Waals surface area contributed by atoms with Crippen molar-refractivity contribution < 1.29 is 9.21 Å². The van der Waals surface area contributed by atoms with E-state index >= 15 is 0 Å². The van der Waals surface area contributed by atoms with Crippen molar-refractivity contribution >= 4 is 11.7 Å². The summed E-state index contributed by atoms with van der Waals surface area (Å²) in [5, 5.41) is 9.72. The normalized spacial score (nSPS) is 14.0. The Morgan fingerprint density at radius 1 is 1.15 bits per heavy atom. The number of carbonyl (C=O) groups is 1. The number of aryl methyl sites for hydroxylation is 1. The van der Waals surface area contributed by atoms with Gasteiger partial charge < -0.3 is 9.73 Å². The molecule has 1 aromatic carbocycles. The van der Waals surface area contributed by atoms with E-state index in [4.69, 9.17) is 4.42 Å². The van der Waals surface area contributed by atoms with Gasteiger partial charge in [0.15, 0.2) is 5.82 Å². The van der Waals surface area contributed by atoms with E-state index in [1.54, 1.807) is 6.20 Å². The molecule has 1 fully saturated rings. The number of aromatic nitrogens is 4. The first kappa shape index (κ1) is 21.1. The highest BCUT2D eigenvalue weighted by Crippen LogP contribution is 2.39. The molecule has 1 saturated heterocycles. The summed E-state index contributed by atoms with van der Waals surface area (Å²) in [7, 11) is 0. The quantitative estimate of drug-likeness (QED) is 0.451. The number of amides is 1. The van der Waals surface area contributed by atoms with Crippen molar-refractivity contribution in [3.63, 3.8) is 0 Å². The van der Waals surface area contributed by atoms with Gasteiger partial charge in [-0.25, -0.2) is 9.97 Å². The maximum absolute atomic E-state index is 11.5. The highest BCUT2D eigenvalue weighted by Gasteiger charge is 2.20. The predicted molar refractivity (Wildman–Crippen MR) is 126 cm³/mol. The first-order valence-corrected chi connectivity index (χ1v) is 11.1. The molecule has 168 valence electrons. The Morgan fingerprint density at radius 3 is 2.76 bits per heavy atom. The molecule has 0 radical (unpaired) electrons. The van der Waals surface area contributed by atoms with Crippen LogP contribution < -0.4 is 5.32 Å².